The van der Waals surface area contributed by atoms with Crippen LogP contribution >= 0.6 is 43.5 Å². The van der Waals surface area contributed by atoms with Crippen LogP contribution in [-0.2, 0) is 4.79 Å². The molecule has 4 rings (SSSR count). The molecule has 2 aromatic carbocycles. The topological polar surface area (TPSA) is 76.5 Å². The van der Waals surface area contributed by atoms with Gasteiger partial charge in [0.2, 0.25) is 0 Å². The maximum atomic E-state index is 12.2. The second-order valence-electron chi connectivity index (χ2n) is 6.72. The summed E-state index contributed by atoms with van der Waals surface area (Å²) in [7, 11) is 0. The number of hydrogen-bond donors (Lipinski definition) is 1. The van der Waals surface area contributed by atoms with Crippen molar-refractivity contribution in [1.82, 2.24) is 15.4 Å². The van der Waals surface area contributed by atoms with E-state index in [4.69, 9.17) is 16.3 Å². The zero-order valence-electron chi connectivity index (χ0n) is 16.2. The maximum Gasteiger partial charge on any atom is 0.277 e. The van der Waals surface area contributed by atoms with E-state index in [1.54, 1.807) is 6.20 Å². The highest BCUT2D eigenvalue weighted by atomic mass is 79.9. The Bertz CT molecular complexity index is 1340. The zero-order valence-corrected chi connectivity index (χ0v) is 20.1. The van der Waals surface area contributed by atoms with Gasteiger partial charge in [0.1, 0.15) is 10.7 Å². The van der Waals surface area contributed by atoms with Gasteiger partial charge in [-0.3, -0.25) is 9.78 Å². The smallest absolute Gasteiger partial charge is 0.277 e. The molecule has 1 amide bonds. The highest BCUT2D eigenvalue weighted by Crippen LogP contribution is 2.37. The number of halogens is 3. The normalized spacial score (nSPS) is 11.4. The molecule has 0 saturated heterocycles. The molecular formula is C22H15Br2ClN4O2. The quantitative estimate of drug-likeness (QED) is 0.190. The number of hydrogen-bond acceptors (Lipinski definition) is 5. The van der Waals surface area contributed by atoms with Crippen LogP contribution in [0.2, 0.25) is 5.15 Å². The molecule has 4 aromatic rings. The molecule has 0 aliphatic carbocycles. The summed E-state index contributed by atoms with van der Waals surface area (Å²) in [5, 5.41) is 6.10. The molecule has 0 saturated carbocycles. The summed E-state index contributed by atoms with van der Waals surface area (Å²) in [6.07, 6.45) is 3.13. The average Bonchev–Trinajstić information content (AvgIpc) is 2.74. The average molecular weight is 563 g/mol. The van der Waals surface area contributed by atoms with Crippen molar-refractivity contribution >= 4 is 77.4 Å². The van der Waals surface area contributed by atoms with Crippen LogP contribution < -0.4 is 10.2 Å². The van der Waals surface area contributed by atoms with Gasteiger partial charge < -0.3 is 4.74 Å². The van der Waals surface area contributed by atoms with E-state index in [0.29, 0.717) is 26.5 Å². The minimum absolute atomic E-state index is 0.230. The third-order valence-corrected chi connectivity index (χ3v) is 5.99. The largest absolute Gasteiger partial charge is 0.480 e. The fourth-order valence-electron chi connectivity index (χ4n) is 2.99. The summed E-state index contributed by atoms with van der Waals surface area (Å²) < 4.78 is 7.27. The molecule has 0 unspecified atom stereocenters. The predicted octanol–water partition coefficient (Wildman–Crippen LogP) is 5.80. The molecule has 0 atom stereocenters. The summed E-state index contributed by atoms with van der Waals surface area (Å²) in [6, 6.07) is 13.4. The SMILES string of the molecule is Cc1ccc2cc(C=NNC(=O)COc3c(Br)cc(Br)c4cccnc34)c(Cl)nc2c1. The minimum atomic E-state index is -0.421. The fraction of sp³-hybridized carbons (Fsp3) is 0.0909. The van der Waals surface area contributed by atoms with E-state index < -0.39 is 5.91 Å². The minimum Gasteiger partial charge on any atom is -0.480 e. The number of pyridine rings is 2. The summed E-state index contributed by atoms with van der Waals surface area (Å²) in [6.45, 7) is 1.76. The molecule has 156 valence electrons. The van der Waals surface area contributed by atoms with Crippen LogP contribution in [0.15, 0.2) is 62.7 Å². The van der Waals surface area contributed by atoms with Gasteiger partial charge >= 0.3 is 0 Å². The number of aryl methyl sites for hydroxylation is 1. The van der Waals surface area contributed by atoms with Crippen LogP contribution in [0.1, 0.15) is 11.1 Å². The second kappa shape index (κ2) is 9.30. The Morgan fingerprint density at radius 3 is 2.90 bits per heavy atom. The van der Waals surface area contributed by atoms with E-state index in [0.717, 1.165) is 26.3 Å². The zero-order chi connectivity index (χ0) is 22.0. The summed E-state index contributed by atoms with van der Waals surface area (Å²) in [5.41, 5.74) is 5.59. The Morgan fingerprint density at radius 1 is 1.23 bits per heavy atom. The van der Waals surface area contributed by atoms with Gasteiger partial charge in [0, 0.05) is 27.0 Å². The van der Waals surface area contributed by atoms with Gasteiger partial charge in [0.15, 0.2) is 12.4 Å². The van der Waals surface area contributed by atoms with E-state index in [1.165, 1.54) is 6.21 Å². The molecule has 0 bridgehead atoms. The van der Waals surface area contributed by atoms with Crippen LogP contribution in [0.4, 0.5) is 0 Å². The lowest BCUT2D eigenvalue weighted by Crippen LogP contribution is -2.24. The maximum absolute atomic E-state index is 12.2. The van der Waals surface area contributed by atoms with Gasteiger partial charge in [-0.05, 0) is 52.7 Å². The van der Waals surface area contributed by atoms with Crippen molar-refractivity contribution in [2.45, 2.75) is 6.92 Å². The lowest BCUT2D eigenvalue weighted by atomic mass is 10.1. The van der Waals surface area contributed by atoms with E-state index in [-0.39, 0.29) is 6.61 Å². The van der Waals surface area contributed by atoms with Crippen molar-refractivity contribution in [2.75, 3.05) is 6.61 Å². The van der Waals surface area contributed by atoms with Crippen LogP contribution in [0.3, 0.4) is 0 Å². The van der Waals surface area contributed by atoms with Crippen LogP contribution in [0, 0.1) is 6.92 Å². The number of nitrogens with one attached hydrogen (secondary N) is 1. The summed E-state index contributed by atoms with van der Waals surface area (Å²) in [5.74, 6) is 0.0608. The van der Waals surface area contributed by atoms with Crippen molar-refractivity contribution in [3.63, 3.8) is 0 Å². The highest BCUT2D eigenvalue weighted by Gasteiger charge is 2.13. The van der Waals surface area contributed by atoms with Crippen molar-refractivity contribution in [2.24, 2.45) is 5.10 Å². The van der Waals surface area contributed by atoms with Gasteiger partial charge in [-0.2, -0.15) is 5.10 Å². The fourth-order valence-corrected chi connectivity index (χ4v) is 4.57. The number of hydrazone groups is 1. The number of nitrogens with zero attached hydrogens (tertiary/aromatic N) is 3. The number of amides is 1. The first-order valence-electron chi connectivity index (χ1n) is 9.16. The third-order valence-electron chi connectivity index (χ3n) is 4.44. The number of fused-ring (bicyclic) bond motifs is 2. The van der Waals surface area contributed by atoms with Gasteiger partial charge in [-0.15, -0.1) is 0 Å². The Morgan fingerprint density at radius 2 is 2.06 bits per heavy atom. The third kappa shape index (κ3) is 4.87. The Labute approximate surface area is 199 Å². The molecule has 0 aliphatic heterocycles. The van der Waals surface area contributed by atoms with Gasteiger partial charge in [0.05, 0.1) is 16.2 Å². The first kappa shape index (κ1) is 21.7. The van der Waals surface area contributed by atoms with Crippen LogP contribution in [0.25, 0.3) is 21.8 Å². The van der Waals surface area contributed by atoms with E-state index in [2.05, 4.69) is 52.4 Å². The monoisotopic (exact) mass is 560 g/mol. The Balaban J connectivity index is 1.44. The van der Waals surface area contributed by atoms with Crippen molar-refractivity contribution in [3.05, 3.63) is 73.9 Å². The van der Waals surface area contributed by atoms with Gasteiger partial charge in [-0.25, -0.2) is 10.4 Å². The lowest BCUT2D eigenvalue weighted by Gasteiger charge is -2.11. The van der Waals surface area contributed by atoms with Crippen molar-refractivity contribution in [3.8, 4) is 5.75 Å². The molecule has 2 heterocycles. The van der Waals surface area contributed by atoms with E-state index in [1.807, 2.05) is 49.4 Å². The number of benzene rings is 2. The molecule has 0 spiro atoms. The molecular weight excluding hydrogens is 548 g/mol. The molecule has 9 heteroatoms. The first-order valence-corrected chi connectivity index (χ1v) is 11.1. The highest BCUT2D eigenvalue weighted by molar-refractivity contribution is 9.11. The van der Waals surface area contributed by atoms with Crippen LogP contribution in [0.5, 0.6) is 5.75 Å². The molecule has 2 aromatic heterocycles. The van der Waals surface area contributed by atoms with Crippen molar-refractivity contribution < 1.29 is 9.53 Å². The summed E-state index contributed by atoms with van der Waals surface area (Å²) >= 11 is 13.2. The first-order chi connectivity index (χ1) is 14.9. The molecule has 0 radical (unpaired) electrons. The number of aromatic nitrogens is 2. The molecule has 6 nitrogen and oxygen atoms in total. The second-order valence-corrected chi connectivity index (χ2v) is 8.78. The van der Waals surface area contributed by atoms with Crippen molar-refractivity contribution in [1.29, 1.82) is 0 Å². The lowest BCUT2D eigenvalue weighted by molar-refractivity contribution is -0.123. The molecule has 0 aliphatic rings. The number of carbonyl (C=O) groups excluding carboxylic acids is 1. The summed E-state index contributed by atoms with van der Waals surface area (Å²) in [4.78, 5) is 20.9. The predicted molar refractivity (Wildman–Crippen MR) is 130 cm³/mol. The molecule has 1 N–H and O–H groups in total. The molecule has 0 fully saturated rings. The number of rotatable bonds is 5. The van der Waals surface area contributed by atoms with Gasteiger partial charge in [0.25, 0.3) is 5.91 Å². The standard InChI is InChI=1S/C22H15Br2ClN4O2/c1-12-4-5-13-8-14(22(25)28-18(13)7-12)10-27-29-19(30)11-31-21-17(24)9-16(23)15-3-2-6-26-20(15)21/h2-10H,11H2,1H3,(H,29,30). The number of ether oxygens (including phenoxy) is 1. The number of carbonyl (C=O) groups is 1. The van der Waals surface area contributed by atoms with Crippen LogP contribution in [-0.4, -0.2) is 28.7 Å². The van der Waals surface area contributed by atoms with E-state index in [9.17, 15) is 4.79 Å². The van der Waals surface area contributed by atoms with Gasteiger partial charge in [-0.1, -0.05) is 45.7 Å². The molecule has 31 heavy (non-hydrogen) atoms. The Kier molecular flexibility index (Phi) is 6.50. The van der Waals surface area contributed by atoms with E-state index >= 15 is 0 Å². The Hall–Kier alpha value is -2.55.